The van der Waals surface area contributed by atoms with Gasteiger partial charge in [-0.2, -0.15) is 0 Å². The van der Waals surface area contributed by atoms with Gasteiger partial charge < -0.3 is 9.32 Å². The van der Waals surface area contributed by atoms with E-state index in [-0.39, 0.29) is 0 Å². The summed E-state index contributed by atoms with van der Waals surface area (Å²) in [6.45, 7) is 0. The highest BCUT2D eigenvalue weighted by Gasteiger charge is 2.51. The lowest BCUT2D eigenvalue weighted by Gasteiger charge is -2.57. The van der Waals surface area contributed by atoms with Crippen molar-refractivity contribution in [1.82, 2.24) is 0 Å². The van der Waals surface area contributed by atoms with Crippen molar-refractivity contribution >= 4 is 49.8 Å². The molecule has 4 fully saturated rings. The minimum absolute atomic E-state index is 0.374. The summed E-state index contributed by atoms with van der Waals surface area (Å²) in [7, 11) is 0. The van der Waals surface area contributed by atoms with E-state index in [0.29, 0.717) is 5.41 Å². The highest BCUT2D eigenvalue weighted by atomic mass is 16.3. The average Bonchev–Trinajstić information content (AvgIpc) is 3.65. The van der Waals surface area contributed by atoms with E-state index in [1.54, 1.807) is 5.56 Å². The molecule has 9 aromatic rings. The standard InChI is InChI=1S/C56H45NO/c1-2-8-41(9-3-1)49-13-6-10-43-11-7-14-50(55(43)49)42-18-25-47(26-19-42)57(48-27-21-45(22-28-48)56-34-37-30-38(35-56)32-39(31-37)36-56)46-23-16-40(17-24-46)44-20-29-52-51-12-4-5-15-53(51)58-54(52)33-44/h1-29,33,37-39H,30-32,34-36H2. The second-order valence-corrected chi connectivity index (χ2v) is 17.6. The van der Waals surface area contributed by atoms with Crippen molar-refractivity contribution in [2.45, 2.75) is 43.9 Å². The van der Waals surface area contributed by atoms with Crippen LogP contribution in [0.2, 0.25) is 0 Å². The second kappa shape index (κ2) is 13.4. The van der Waals surface area contributed by atoms with E-state index in [9.17, 15) is 0 Å². The fraction of sp³-hybridized carbons (Fsp3) is 0.179. The highest BCUT2D eigenvalue weighted by Crippen LogP contribution is 2.61. The van der Waals surface area contributed by atoms with Crippen LogP contribution in [0.15, 0.2) is 186 Å². The molecule has 4 bridgehead atoms. The third-order valence-electron chi connectivity index (χ3n) is 14.0. The zero-order chi connectivity index (χ0) is 38.2. The fourth-order valence-electron chi connectivity index (χ4n) is 11.8. The Morgan fingerprint density at radius 1 is 0.414 bits per heavy atom. The Hall–Kier alpha value is -6.38. The van der Waals surface area contributed by atoms with Gasteiger partial charge in [0.05, 0.1) is 0 Å². The molecular formula is C56H45NO. The molecule has 4 saturated carbocycles. The highest BCUT2D eigenvalue weighted by molar-refractivity contribution is 6.07. The zero-order valence-electron chi connectivity index (χ0n) is 32.7. The molecule has 1 aromatic heterocycles. The van der Waals surface area contributed by atoms with Crippen LogP contribution in [0.1, 0.15) is 44.1 Å². The lowest BCUT2D eigenvalue weighted by atomic mass is 9.48. The summed E-state index contributed by atoms with van der Waals surface area (Å²) in [6, 6.07) is 67.0. The number of furan rings is 1. The molecule has 0 spiro atoms. The van der Waals surface area contributed by atoms with E-state index in [1.165, 1.54) is 82.8 Å². The van der Waals surface area contributed by atoms with Gasteiger partial charge in [-0.25, -0.2) is 0 Å². The van der Waals surface area contributed by atoms with Crippen molar-refractivity contribution in [3.05, 3.63) is 188 Å². The van der Waals surface area contributed by atoms with E-state index in [0.717, 1.165) is 56.6 Å². The molecule has 2 heteroatoms. The number of anilines is 3. The van der Waals surface area contributed by atoms with Gasteiger partial charge in [-0.05, 0) is 166 Å². The minimum Gasteiger partial charge on any atom is -0.456 e. The molecule has 0 atom stereocenters. The molecule has 4 aliphatic carbocycles. The summed E-state index contributed by atoms with van der Waals surface area (Å²) in [5.41, 5.74) is 14.5. The van der Waals surface area contributed by atoms with Crippen molar-refractivity contribution in [2.75, 3.05) is 4.90 Å². The molecule has 0 N–H and O–H groups in total. The van der Waals surface area contributed by atoms with Crippen molar-refractivity contribution in [1.29, 1.82) is 0 Å². The third-order valence-corrected chi connectivity index (χ3v) is 14.0. The Labute approximate surface area is 340 Å². The first kappa shape index (κ1) is 33.7. The molecule has 4 aliphatic rings. The largest absolute Gasteiger partial charge is 0.456 e. The molecule has 58 heavy (non-hydrogen) atoms. The lowest BCUT2D eigenvalue weighted by Crippen LogP contribution is -2.48. The number of benzene rings is 8. The van der Waals surface area contributed by atoms with Crippen molar-refractivity contribution in [3.63, 3.8) is 0 Å². The van der Waals surface area contributed by atoms with E-state index >= 15 is 0 Å². The van der Waals surface area contributed by atoms with E-state index < -0.39 is 0 Å². The van der Waals surface area contributed by atoms with Crippen LogP contribution in [-0.4, -0.2) is 0 Å². The Balaban J connectivity index is 0.928. The maximum atomic E-state index is 6.26. The molecule has 2 nitrogen and oxygen atoms in total. The smallest absolute Gasteiger partial charge is 0.136 e. The zero-order valence-corrected chi connectivity index (χ0v) is 32.7. The summed E-state index contributed by atoms with van der Waals surface area (Å²) < 4.78 is 6.26. The van der Waals surface area contributed by atoms with Crippen LogP contribution in [0.4, 0.5) is 17.1 Å². The summed E-state index contributed by atoms with van der Waals surface area (Å²) >= 11 is 0. The van der Waals surface area contributed by atoms with Crippen LogP contribution in [0.5, 0.6) is 0 Å². The Kier molecular flexibility index (Phi) is 7.76. The van der Waals surface area contributed by atoms with Gasteiger partial charge in [-0.1, -0.05) is 127 Å². The van der Waals surface area contributed by atoms with Crippen molar-refractivity contribution < 1.29 is 4.42 Å². The van der Waals surface area contributed by atoms with E-state index in [2.05, 4.69) is 175 Å². The number of rotatable bonds is 7. The molecule has 8 aromatic carbocycles. The predicted molar refractivity (Wildman–Crippen MR) is 242 cm³/mol. The van der Waals surface area contributed by atoms with Gasteiger partial charge in [0.25, 0.3) is 0 Å². The Morgan fingerprint density at radius 3 is 1.57 bits per heavy atom. The van der Waals surface area contributed by atoms with Crippen molar-refractivity contribution in [3.8, 4) is 33.4 Å². The minimum atomic E-state index is 0.374. The summed E-state index contributed by atoms with van der Waals surface area (Å²) in [6.07, 6.45) is 8.54. The number of hydrogen-bond donors (Lipinski definition) is 0. The molecule has 13 rings (SSSR count). The third kappa shape index (κ3) is 5.61. The van der Waals surface area contributed by atoms with Gasteiger partial charge >= 0.3 is 0 Å². The van der Waals surface area contributed by atoms with Gasteiger partial charge in [0.15, 0.2) is 0 Å². The number of para-hydroxylation sites is 1. The van der Waals surface area contributed by atoms with E-state index in [1.807, 2.05) is 12.1 Å². The quantitative estimate of drug-likeness (QED) is 0.161. The summed E-state index contributed by atoms with van der Waals surface area (Å²) in [5.74, 6) is 2.78. The molecule has 0 radical (unpaired) electrons. The summed E-state index contributed by atoms with van der Waals surface area (Å²) in [5, 5.41) is 4.86. The summed E-state index contributed by atoms with van der Waals surface area (Å²) in [4.78, 5) is 2.43. The first-order valence-corrected chi connectivity index (χ1v) is 21.2. The molecule has 0 aliphatic heterocycles. The molecule has 1 heterocycles. The molecule has 0 amide bonds. The van der Waals surface area contributed by atoms with E-state index in [4.69, 9.17) is 4.42 Å². The van der Waals surface area contributed by atoms with Gasteiger partial charge in [-0.15, -0.1) is 0 Å². The van der Waals surface area contributed by atoms with Crippen LogP contribution < -0.4 is 4.90 Å². The van der Waals surface area contributed by atoms with Crippen LogP contribution in [0.3, 0.4) is 0 Å². The normalized spacial score (nSPS) is 20.9. The van der Waals surface area contributed by atoms with Crippen LogP contribution in [0, 0.1) is 17.8 Å². The first-order valence-electron chi connectivity index (χ1n) is 21.2. The number of nitrogens with zero attached hydrogens (tertiary/aromatic N) is 1. The SMILES string of the molecule is c1ccc(-c2cccc3cccc(-c4ccc(N(c5ccc(-c6ccc7c(c6)oc6ccccc67)cc5)c5ccc(C67CC8CC(CC(C8)C6)C7)cc5)cc4)c23)cc1. The first-order chi connectivity index (χ1) is 28.6. The van der Waals surface area contributed by atoms with Gasteiger partial charge in [-0.3, -0.25) is 0 Å². The van der Waals surface area contributed by atoms with Gasteiger partial charge in [0.2, 0.25) is 0 Å². The lowest BCUT2D eigenvalue weighted by molar-refractivity contribution is -0.00518. The number of hydrogen-bond acceptors (Lipinski definition) is 2. The molecule has 280 valence electrons. The molecule has 0 saturated heterocycles. The molecule has 0 unspecified atom stereocenters. The monoisotopic (exact) mass is 747 g/mol. The van der Waals surface area contributed by atoms with Crippen LogP contribution >= 0.6 is 0 Å². The van der Waals surface area contributed by atoms with Gasteiger partial charge in [0.1, 0.15) is 11.2 Å². The Bertz CT molecular complexity index is 2920. The topological polar surface area (TPSA) is 16.4 Å². The number of fused-ring (bicyclic) bond motifs is 4. The van der Waals surface area contributed by atoms with Crippen LogP contribution in [0.25, 0.3) is 66.1 Å². The second-order valence-electron chi connectivity index (χ2n) is 17.6. The Morgan fingerprint density at radius 2 is 0.931 bits per heavy atom. The maximum Gasteiger partial charge on any atom is 0.136 e. The fourth-order valence-corrected chi connectivity index (χ4v) is 11.8. The van der Waals surface area contributed by atoms with Gasteiger partial charge in [0, 0.05) is 27.8 Å². The van der Waals surface area contributed by atoms with Crippen LogP contribution in [-0.2, 0) is 5.41 Å². The predicted octanol–water partition coefficient (Wildman–Crippen LogP) is 15.7. The maximum absolute atomic E-state index is 6.26. The molecular weight excluding hydrogens is 703 g/mol. The van der Waals surface area contributed by atoms with Crippen molar-refractivity contribution in [2.24, 2.45) is 17.8 Å². The average molecular weight is 748 g/mol.